The Balaban J connectivity index is 0.000000346. The summed E-state index contributed by atoms with van der Waals surface area (Å²) < 4.78 is 49.4. The van der Waals surface area contributed by atoms with Crippen LogP contribution in [-0.4, -0.2) is 23.4 Å². The lowest BCUT2D eigenvalue weighted by Gasteiger charge is -2.15. The van der Waals surface area contributed by atoms with Crippen LogP contribution in [0, 0.1) is 12.8 Å². The Morgan fingerprint density at radius 1 is 0.833 bits per heavy atom. The predicted molar refractivity (Wildman–Crippen MR) is 119 cm³/mol. The molecule has 0 radical (unpaired) electrons. The van der Waals surface area contributed by atoms with Gasteiger partial charge < -0.3 is 4.74 Å². The van der Waals surface area contributed by atoms with Gasteiger partial charge in [0.05, 0.1) is 16.4 Å². The van der Waals surface area contributed by atoms with Gasteiger partial charge >= 0.3 is 0 Å². The van der Waals surface area contributed by atoms with E-state index in [2.05, 4.69) is 13.8 Å². The first-order chi connectivity index (χ1) is 14.0. The van der Waals surface area contributed by atoms with E-state index < -0.39 is 20.0 Å². The van der Waals surface area contributed by atoms with Gasteiger partial charge in [-0.05, 0) is 55.7 Å². The molecule has 0 heterocycles. The lowest BCUT2D eigenvalue weighted by atomic mass is 10.0. The van der Waals surface area contributed by atoms with Crippen LogP contribution in [0.15, 0.2) is 58.3 Å². The maximum atomic E-state index is 11.1. The van der Waals surface area contributed by atoms with Crippen LogP contribution >= 0.6 is 0 Å². The Kier molecular flexibility index (Phi) is 10.5. The molecular weight excluding hydrogens is 424 g/mol. The number of hydrogen-bond acceptors (Lipinski definition) is 5. The molecule has 168 valence electrons. The highest BCUT2D eigenvalue weighted by atomic mass is 32.2. The normalized spacial score (nSPS) is 12.6. The lowest BCUT2D eigenvalue weighted by Crippen LogP contribution is -2.13. The van der Waals surface area contributed by atoms with Gasteiger partial charge in [-0.25, -0.2) is 27.1 Å². The second-order valence-corrected chi connectivity index (χ2v) is 10.2. The van der Waals surface area contributed by atoms with Gasteiger partial charge in [0, 0.05) is 0 Å². The summed E-state index contributed by atoms with van der Waals surface area (Å²) in [5, 5.41) is 9.92. The lowest BCUT2D eigenvalue weighted by molar-refractivity contribution is 0.233. The highest BCUT2D eigenvalue weighted by Crippen LogP contribution is 2.18. The van der Waals surface area contributed by atoms with E-state index in [1.54, 1.807) is 24.3 Å². The third-order valence-corrected chi connectivity index (χ3v) is 6.39. The van der Waals surface area contributed by atoms with Crippen LogP contribution in [0.5, 0.6) is 5.75 Å². The van der Waals surface area contributed by atoms with Crippen LogP contribution in [0.4, 0.5) is 0 Å². The summed E-state index contributed by atoms with van der Waals surface area (Å²) in [4.78, 5) is 0.265. The Bertz CT molecular complexity index is 971. The number of hydrogen-bond donors (Lipinski definition) is 2. The number of unbranched alkanes of at least 4 members (excludes halogenated alkanes) is 1. The molecule has 2 rings (SSSR count). The van der Waals surface area contributed by atoms with Crippen molar-refractivity contribution in [2.24, 2.45) is 16.2 Å². The molecule has 0 aliphatic heterocycles. The maximum Gasteiger partial charge on any atom is 0.238 e. The molecule has 1 atom stereocenters. The molecule has 0 fully saturated rings. The number of rotatable bonds is 9. The summed E-state index contributed by atoms with van der Waals surface area (Å²) in [5.41, 5.74) is 1.01. The number of aryl methyl sites for hydroxylation is 1. The fourth-order valence-electron chi connectivity index (χ4n) is 2.57. The maximum absolute atomic E-state index is 11.1. The highest BCUT2D eigenvalue weighted by molar-refractivity contribution is 7.89. The highest BCUT2D eigenvalue weighted by Gasteiger charge is 2.09. The molecule has 0 bridgehead atoms. The van der Waals surface area contributed by atoms with Crippen molar-refractivity contribution in [3.05, 3.63) is 54.1 Å². The molecule has 0 aliphatic carbocycles. The van der Waals surface area contributed by atoms with E-state index in [0.29, 0.717) is 18.3 Å². The van der Waals surface area contributed by atoms with Crippen molar-refractivity contribution in [3.8, 4) is 5.75 Å². The molecule has 0 saturated heterocycles. The van der Waals surface area contributed by atoms with Crippen molar-refractivity contribution in [2.45, 2.75) is 56.2 Å². The van der Waals surface area contributed by atoms with Crippen molar-refractivity contribution < 1.29 is 21.6 Å². The quantitative estimate of drug-likeness (QED) is 0.596. The van der Waals surface area contributed by atoms with E-state index in [1.807, 2.05) is 6.92 Å². The number of benzene rings is 2. The zero-order chi connectivity index (χ0) is 22.8. The van der Waals surface area contributed by atoms with E-state index in [0.717, 1.165) is 12.0 Å². The standard InChI is InChI=1S/C14H23NO3S.C7H9NO2S/c1-3-5-6-12(4-2)11-18-13-7-9-14(10-8-13)19(15,16)17;1-6-2-4-7(5-3-6)11(8,9)10/h7-10,12H,3-6,11H2,1-2H3,(H2,15,16,17);2-5H,1H3,(H2,8,9,10). The molecule has 4 N–H and O–H groups in total. The molecular formula is C21H32N2O5S2. The van der Waals surface area contributed by atoms with Crippen molar-refractivity contribution >= 4 is 20.0 Å². The van der Waals surface area contributed by atoms with Crippen molar-refractivity contribution in [2.75, 3.05) is 6.61 Å². The fraction of sp³-hybridized carbons (Fsp3) is 0.429. The molecule has 0 spiro atoms. The van der Waals surface area contributed by atoms with Crippen molar-refractivity contribution in [3.63, 3.8) is 0 Å². The monoisotopic (exact) mass is 456 g/mol. The van der Waals surface area contributed by atoms with Crippen LogP contribution < -0.4 is 15.0 Å². The molecule has 7 nitrogen and oxygen atoms in total. The summed E-state index contributed by atoms with van der Waals surface area (Å²) in [6.07, 6.45) is 4.67. The zero-order valence-electron chi connectivity index (χ0n) is 17.7. The Morgan fingerprint density at radius 2 is 1.30 bits per heavy atom. The minimum atomic E-state index is -3.62. The molecule has 30 heavy (non-hydrogen) atoms. The Labute approximate surface area is 180 Å². The minimum absolute atomic E-state index is 0.109. The van der Waals surface area contributed by atoms with Gasteiger partial charge in [0.15, 0.2) is 0 Å². The molecule has 0 saturated carbocycles. The van der Waals surface area contributed by atoms with Gasteiger partial charge in [-0.15, -0.1) is 0 Å². The summed E-state index contributed by atoms with van der Waals surface area (Å²) >= 11 is 0. The average molecular weight is 457 g/mol. The first-order valence-corrected chi connectivity index (χ1v) is 12.9. The summed E-state index contributed by atoms with van der Waals surface area (Å²) in [5.74, 6) is 1.24. The second kappa shape index (κ2) is 12.0. The van der Waals surface area contributed by atoms with Crippen molar-refractivity contribution in [1.29, 1.82) is 0 Å². The number of primary sulfonamides is 2. The molecule has 1 unspecified atom stereocenters. The van der Waals surface area contributed by atoms with Gasteiger partial charge in [-0.2, -0.15) is 0 Å². The summed E-state index contributed by atoms with van der Waals surface area (Å²) in [6.45, 7) is 6.89. The zero-order valence-corrected chi connectivity index (χ0v) is 19.4. The van der Waals surface area contributed by atoms with Crippen LogP contribution in [0.1, 0.15) is 45.1 Å². The SMILES string of the molecule is CCCCC(CC)COc1ccc(S(N)(=O)=O)cc1.Cc1ccc(S(N)(=O)=O)cc1. The molecule has 0 amide bonds. The van der Waals surface area contributed by atoms with E-state index in [1.165, 1.54) is 43.5 Å². The second-order valence-electron chi connectivity index (χ2n) is 7.10. The summed E-state index contributed by atoms with van der Waals surface area (Å²) in [6, 6.07) is 12.6. The van der Waals surface area contributed by atoms with E-state index in [9.17, 15) is 16.8 Å². The van der Waals surface area contributed by atoms with Crippen LogP contribution in [-0.2, 0) is 20.0 Å². The average Bonchev–Trinajstić information content (AvgIpc) is 2.68. The van der Waals surface area contributed by atoms with Gasteiger partial charge in [0.25, 0.3) is 0 Å². The molecule has 9 heteroatoms. The smallest absolute Gasteiger partial charge is 0.238 e. The first-order valence-electron chi connectivity index (χ1n) is 9.82. The van der Waals surface area contributed by atoms with Crippen LogP contribution in [0.25, 0.3) is 0 Å². The van der Waals surface area contributed by atoms with Gasteiger partial charge in [0.2, 0.25) is 20.0 Å². The Hall–Kier alpha value is -1.94. The van der Waals surface area contributed by atoms with Crippen LogP contribution in [0.3, 0.4) is 0 Å². The minimum Gasteiger partial charge on any atom is -0.493 e. The Morgan fingerprint density at radius 3 is 1.70 bits per heavy atom. The summed E-state index contributed by atoms with van der Waals surface area (Å²) in [7, 11) is -7.14. The molecule has 2 aromatic rings. The van der Waals surface area contributed by atoms with Crippen LogP contribution in [0.2, 0.25) is 0 Å². The number of sulfonamides is 2. The van der Waals surface area contributed by atoms with Gasteiger partial charge in [-0.3, -0.25) is 0 Å². The van der Waals surface area contributed by atoms with Gasteiger partial charge in [-0.1, -0.05) is 50.8 Å². The number of nitrogens with two attached hydrogens (primary N) is 2. The van der Waals surface area contributed by atoms with E-state index in [-0.39, 0.29) is 9.79 Å². The topological polar surface area (TPSA) is 130 Å². The van der Waals surface area contributed by atoms with E-state index >= 15 is 0 Å². The molecule has 0 aliphatic rings. The predicted octanol–water partition coefficient (Wildman–Crippen LogP) is 3.57. The third kappa shape index (κ3) is 9.71. The first kappa shape index (κ1) is 26.1. The fourth-order valence-corrected chi connectivity index (χ4v) is 3.60. The van der Waals surface area contributed by atoms with E-state index in [4.69, 9.17) is 15.0 Å². The molecule has 0 aromatic heterocycles. The van der Waals surface area contributed by atoms with Gasteiger partial charge in [0.1, 0.15) is 5.75 Å². The number of ether oxygens (including phenoxy) is 1. The molecule has 2 aromatic carbocycles. The van der Waals surface area contributed by atoms with Crippen molar-refractivity contribution in [1.82, 2.24) is 0 Å². The third-order valence-electron chi connectivity index (χ3n) is 4.53. The largest absolute Gasteiger partial charge is 0.493 e.